The number of carbonyl (C=O) groups is 2. The van der Waals surface area contributed by atoms with E-state index in [1.807, 2.05) is 12.1 Å². The van der Waals surface area contributed by atoms with E-state index in [1.165, 1.54) is 12.1 Å². The number of methoxy groups -OCH3 is 2. The molecular weight excluding hydrogens is 419 g/mol. The molecule has 0 atom stereocenters. The van der Waals surface area contributed by atoms with Crippen LogP contribution < -0.4 is 14.4 Å². The lowest BCUT2D eigenvalue weighted by molar-refractivity contribution is -0.123. The van der Waals surface area contributed by atoms with Crippen LogP contribution in [0.2, 0.25) is 0 Å². The molecule has 2 aromatic carbocycles. The lowest BCUT2D eigenvalue weighted by atomic mass is 10.1. The number of anilines is 1. The molecule has 6 nitrogen and oxygen atoms in total. The van der Waals surface area contributed by atoms with Gasteiger partial charge in [0.15, 0.2) is 0 Å². The highest BCUT2D eigenvalue weighted by atomic mass is 32.2. The Balaban J connectivity index is 1.62. The molecule has 4 rings (SSSR count). The summed E-state index contributed by atoms with van der Waals surface area (Å²) in [6.45, 7) is 2.01. The van der Waals surface area contributed by atoms with Crippen molar-refractivity contribution in [1.29, 1.82) is 0 Å². The van der Waals surface area contributed by atoms with Gasteiger partial charge in [-0.25, -0.2) is 4.39 Å². The summed E-state index contributed by atoms with van der Waals surface area (Å²) >= 11 is 0.879. The molecule has 0 N–H and O–H groups in total. The van der Waals surface area contributed by atoms with Crippen LogP contribution in [0, 0.1) is 5.82 Å². The molecule has 0 aliphatic carbocycles. The Kier molecular flexibility index (Phi) is 6.18. The van der Waals surface area contributed by atoms with Crippen LogP contribution in [-0.2, 0) is 11.3 Å². The fourth-order valence-electron chi connectivity index (χ4n) is 3.77. The summed E-state index contributed by atoms with van der Waals surface area (Å²) in [4.78, 5) is 29.1. The molecule has 2 saturated heterocycles. The number of thioether (sulfide) groups is 1. The highest BCUT2D eigenvalue weighted by molar-refractivity contribution is 8.18. The Bertz CT molecular complexity index is 1030. The molecule has 162 valence electrons. The third-order valence-corrected chi connectivity index (χ3v) is 6.30. The molecule has 2 aliphatic rings. The van der Waals surface area contributed by atoms with Crippen LogP contribution in [-0.4, -0.2) is 43.4 Å². The van der Waals surface area contributed by atoms with Gasteiger partial charge in [0.2, 0.25) is 0 Å². The van der Waals surface area contributed by atoms with Gasteiger partial charge < -0.3 is 14.4 Å². The molecule has 0 unspecified atom stereocenters. The Labute approximate surface area is 184 Å². The standard InChI is InChI=1S/C23H23FN2O4S/c1-29-19-13-18(25-9-3-4-10-25)20(30-2)11-16(19)12-21-22(27)26(23(28)31-21)14-15-5-7-17(24)8-6-15/h5-8,11-13H,3-4,9-10,14H2,1-2H3/b21-12+. The highest BCUT2D eigenvalue weighted by Crippen LogP contribution is 2.40. The molecular formula is C23H23FN2O4S. The summed E-state index contributed by atoms with van der Waals surface area (Å²) in [6, 6.07) is 9.49. The van der Waals surface area contributed by atoms with Crippen molar-refractivity contribution in [1.82, 2.24) is 4.90 Å². The fourth-order valence-corrected chi connectivity index (χ4v) is 4.60. The van der Waals surface area contributed by atoms with Gasteiger partial charge in [-0.2, -0.15) is 0 Å². The Hall–Kier alpha value is -3.00. The maximum Gasteiger partial charge on any atom is 0.293 e. The number of carbonyl (C=O) groups excluding carboxylic acids is 2. The molecule has 0 bridgehead atoms. The van der Waals surface area contributed by atoms with E-state index in [1.54, 1.807) is 32.4 Å². The molecule has 8 heteroatoms. The van der Waals surface area contributed by atoms with Gasteiger partial charge in [0, 0.05) is 24.7 Å². The Morgan fingerprint density at radius 1 is 1.03 bits per heavy atom. The number of nitrogens with zero attached hydrogens (tertiary/aromatic N) is 2. The molecule has 0 saturated carbocycles. The van der Waals surface area contributed by atoms with E-state index in [0.717, 1.165) is 48.3 Å². The molecule has 2 heterocycles. The first-order valence-corrected chi connectivity index (χ1v) is 10.8. The fraction of sp³-hybridized carbons (Fsp3) is 0.304. The second-order valence-electron chi connectivity index (χ2n) is 7.35. The zero-order valence-electron chi connectivity index (χ0n) is 17.4. The normalized spacial score (nSPS) is 17.7. The number of hydrogen-bond donors (Lipinski definition) is 0. The maximum absolute atomic E-state index is 13.1. The van der Waals surface area contributed by atoms with Gasteiger partial charge in [-0.3, -0.25) is 14.5 Å². The molecule has 2 aromatic rings. The highest BCUT2D eigenvalue weighted by Gasteiger charge is 2.35. The van der Waals surface area contributed by atoms with Gasteiger partial charge in [0.25, 0.3) is 11.1 Å². The number of halogens is 1. The minimum absolute atomic E-state index is 0.0939. The van der Waals surface area contributed by atoms with Crippen LogP contribution in [0.4, 0.5) is 14.9 Å². The van der Waals surface area contributed by atoms with Crippen molar-refractivity contribution in [2.45, 2.75) is 19.4 Å². The lowest BCUT2D eigenvalue weighted by Gasteiger charge is -2.22. The second kappa shape index (κ2) is 9.01. The predicted octanol–water partition coefficient (Wildman–Crippen LogP) is 4.68. The zero-order valence-corrected chi connectivity index (χ0v) is 18.2. The van der Waals surface area contributed by atoms with Crippen LogP contribution in [0.1, 0.15) is 24.0 Å². The van der Waals surface area contributed by atoms with Gasteiger partial charge in [-0.15, -0.1) is 0 Å². The van der Waals surface area contributed by atoms with Crippen molar-refractivity contribution in [2.24, 2.45) is 0 Å². The first-order chi connectivity index (χ1) is 15.0. The summed E-state index contributed by atoms with van der Waals surface area (Å²) < 4.78 is 24.3. The zero-order chi connectivity index (χ0) is 22.0. The van der Waals surface area contributed by atoms with E-state index >= 15 is 0 Å². The minimum Gasteiger partial charge on any atom is -0.496 e. The van der Waals surface area contributed by atoms with Crippen molar-refractivity contribution in [2.75, 3.05) is 32.2 Å². The molecule has 31 heavy (non-hydrogen) atoms. The van der Waals surface area contributed by atoms with Gasteiger partial charge in [-0.1, -0.05) is 12.1 Å². The number of benzene rings is 2. The van der Waals surface area contributed by atoms with Gasteiger partial charge in [0.1, 0.15) is 17.3 Å². The third kappa shape index (κ3) is 4.39. The quantitative estimate of drug-likeness (QED) is 0.606. The summed E-state index contributed by atoms with van der Waals surface area (Å²) in [5.74, 6) is 0.549. The van der Waals surface area contributed by atoms with Crippen molar-refractivity contribution in [3.05, 3.63) is 58.2 Å². The lowest BCUT2D eigenvalue weighted by Crippen LogP contribution is -2.27. The first-order valence-electron chi connectivity index (χ1n) is 10.0. The Morgan fingerprint density at radius 3 is 2.35 bits per heavy atom. The van der Waals surface area contributed by atoms with E-state index < -0.39 is 0 Å². The van der Waals surface area contributed by atoms with Gasteiger partial charge >= 0.3 is 0 Å². The van der Waals surface area contributed by atoms with Crippen LogP contribution in [0.25, 0.3) is 6.08 Å². The van der Waals surface area contributed by atoms with Crippen molar-refractivity contribution in [3.8, 4) is 11.5 Å². The molecule has 2 amide bonds. The average molecular weight is 443 g/mol. The molecule has 0 spiro atoms. The van der Waals surface area contributed by atoms with Crippen LogP contribution in [0.3, 0.4) is 0 Å². The first kappa shape index (κ1) is 21.2. The van der Waals surface area contributed by atoms with Crippen molar-refractivity contribution in [3.63, 3.8) is 0 Å². The third-order valence-electron chi connectivity index (χ3n) is 5.39. The number of rotatable bonds is 6. The second-order valence-corrected chi connectivity index (χ2v) is 8.35. The maximum atomic E-state index is 13.1. The molecule has 0 radical (unpaired) electrons. The van der Waals surface area contributed by atoms with Gasteiger partial charge in [-0.05, 0) is 54.4 Å². The van der Waals surface area contributed by atoms with Gasteiger partial charge in [0.05, 0.1) is 31.4 Å². The smallest absolute Gasteiger partial charge is 0.293 e. The van der Waals surface area contributed by atoms with Crippen molar-refractivity contribution >= 4 is 34.7 Å². The van der Waals surface area contributed by atoms with Crippen LogP contribution in [0.5, 0.6) is 11.5 Å². The van der Waals surface area contributed by atoms with Crippen LogP contribution in [0.15, 0.2) is 41.3 Å². The van der Waals surface area contributed by atoms with E-state index in [-0.39, 0.29) is 23.5 Å². The summed E-state index contributed by atoms with van der Waals surface area (Å²) in [5, 5.41) is -0.361. The monoisotopic (exact) mass is 442 g/mol. The number of amides is 2. The topological polar surface area (TPSA) is 59.1 Å². The Morgan fingerprint density at radius 2 is 1.71 bits per heavy atom. The number of ether oxygens (including phenoxy) is 2. The van der Waals surface area contributed by atoms with E-state index in [0.29, 0.717) is 27.5 Å². The summed E-state index contributed by atoms with van der Waals surface area (Å²) in [5.41, 5.74) is 2.30. The minimum atomic E-state index is -0.385. The number of imide groups is 1. The summed E-state index contributed by atoms with van der Waals surface area (Å²) in [6.07, 6.45) is 3.92. The average Bonchev–Trinajstić information content (AvgIpc) is 3.39. The predicted molar refractivity (Wildman–Crippen MR) is 119 cm³/mol. The van der Waals surface area contributed by atoms with E-state index in [4.69, 9.17) is 9.47 Å². The largest absolute Gasteiger partial charge is 0.496 e. The van der Waals surface area contributed by atoms with Crippen LogP contribution >= 0.6 is 11.8 Å². The SMILES string of the molecule is COc1cc(N2CCCC2)c(OC)cc1/C=C1/SC(=O)N(Cc2ccc(F)cc2)C1=O. The molecule has 2 aliphatic heterocycles. The number of hydrogen-bond acceptors (Lipinski definition) is 6. The molecule has 0 aromatic heterocycles. The molecule has 2 fully saturated rings. The van der Waals surface area contributed by atoms with E-state index in [9.17, 15) is 14.0 Å². The van der Waals surface area contributed by atoms with E-state index in [2.05, 4.69) is 4.90 Å². The van der Waals surface area contributed by atoms with Crippen molar-refractivity contribution < 1.29 is 23.5 Å². The summed E-state index contributed by atoms with van der Waals surface area (Å²) in [7, 11) is 3.19.